The molecule has 27 heavy (non-hydrogen) atoms. The zero-order chi connectivity index (χ0) is 19.2. The van der Waals surface area contributed by atoms with Crippen molar-refractivity contribution < 1.29 is 32.4 Å². The molecule has 0 aromatic heterocycles. The zero-order valence-electron chi connectivity index (χ0n) is 14.0. The summed E-state index contributed by atoms with van der Waals surface area (Å²) in [6.45, 7) is 0.252. The van der Waals surface area contributed by atoms with Gasteiger partial charge in [-0.25, -0.2) is 0 Å². The van der Waals surface area contributed by atoms with Crippen molar-refractivity contribution in [1.29, 1.82) is 0 Å². The molecule has 0 bridgehead atoms. The predicted octanol–water partition coefficient (Wildman–Crippen LogP) is 2.47. The van der Waals surface area contributed by atoms with E-state index in [1.165, 1.54) is 18.2 Å². The molecule has 2 aromatic carbocycles. The van der Waals surface area contributed by atoms with Crippen molar-refractivity contribution in [2.24, 2.45) is 0 Å². The van der Waals surface area contributed by atoms with Crippen molar-refractivity contribution in [3.05, 3.63) is 53.6 Å². The molecule has 1 aliphatic carbocycles. The Morgan fingerprint density at radius 1 is 1.22 bits per heavy atom. The van der Waals surface area contributed by atoms with Crippen LogP contribution in [0.3, 0.4) is 0 Å². The van der Waals surface area contributed by atoms with Gasteiger partial charge in [0, 0.05) is 5.69 Å². The normalized spacial score (nSPS) is 17.4. The summed E-state index contributed by atoms with van der Waals surface area (Å²) in [5.41, 5.74) is 1.61. The van der Waals surface area contributed by atoms with Crippen LogP contribution >= 0.6 is 0 Å². The van der Waals surface area contributed by atoms with Gasteiger partial charge in [-0.15, -0.1) is 13.2 Å². The quantitative estimate of drug-likeness (QED) is 0.804. The second-order valence-electron chi connectivity index (χ2n) is 6.69. The van der Waals surface area contributed by atoms with Crippen LogP contribution in [-0.2, 0) is 21.5 Å². The Balaban J connectivity index is 1.53. The van der Waals surface area contributed by atoms with E-state index in [2.05, 4.69) is 10.1 Å². The summed E-state index contributed by atoms with van der Waals surface area (Å²) in [5, 5.41) is 12.5. The number of anilines is 1. The summed E-state index contributed by atoms with van der Waals surface area (Å²) in [5.74, 6) is -0.631. The molecule has 0 atom stereocenters. The monoisotopic (exact) mass is 377 g/mol. The lowest BCUT2D eigenvalue weighted by atomic mass is 9.79. The van der Waals surface area contributed by atoms with Crippen LogP contribution in [0.25, 0.3) is 0 Å². The first-order valence-electron chi connectivity index (χ1n) is 8.37. The summed E-state index contributed by atoms with van der Waals surface area (Å²) >= 11 is 0. The Labute approximate surface area is 153 Å². The molecule has 1 fully saturated rings. The van der Waals surface area contributed by atoms with Gasteiger partial charge in [0.25, 0.3) is 0 Å². The number of rotatable bonds is 4. The highest BCUT2D eigenvalue weighted by atomic mass is 19.4. The van der Waals surface area contributed by atoms with Gasteiger partial charge in [0.15, 0.2) is 0 Å². The number of ether oxygens (including phenoxy) is 1. The molecular formula is C18H15BF3NO4. The predicted molar refractivity (Wildman–Crippen MR) is 91.5 cm³/mol. The summed E-state index contributed by atoms with van der Waals surface area (Å²) in [4.78, 5) is 12.8. The molecular weight excluding hydrogens is 362 g/mol. The largest absolute Gasteiger partial charge is 0.573 e. The number of amides is 1. The Hall–Kier alpha value is -2.52. The van der Waals surface area contributed by atoms with Gasteiger partial charge in [-0.05, 0) is 53.7 Å². The van der Waals surface area contributed by atoms with Crippen molar-refractivity contribution in [1.82, 2.24) is 0 Å². The van der Waals surface area contributed by atoms with Crippen LogP contribution in [0.15, 0.2) is 42.5 Å². The molecule has 2 aromatic rings. The number of carbonyl (C=O) groups excluding carboxylic acids is 1. The molecule has 0 unspecified atom stereocenters. The summed E-state index contributed by atoms with van der Waals surface area (Å²) in [6, 6.07) is 10.6. The Kier molecular flexibility index (Phi) is 4.16. The summed E-state index contributed by atoms with van der Waals surface area (Å²) in [7, 11) is -0.962. The van der Waals surface area contributed by atoms with Gasteiger partial charge in [-0.2, -0.15) is 0 Å². The minimum Gasteiger partial charge on any atom is -0.423 e. The van der Waals surface area contributed by atoms with Gasteiger partial charge >= 0.3 is 13.5 Å². The number of halogens is 3. The SMILES string of the molecule is O=C(Nc1ccc2c(c1)COB2O)C1(c2cccc(OC(F)(F)F)c2)CC1. The number of alkyl halides is 3. The second kappa shape index (κ2) is 6.28. The number of benzene rings is 2. The van der Waals surface area contributed by atoms with Crippen LogP contribution in [0.1, 0.15) is 24.0 Å². The van der Waals surface area contributed by atoms with Gasteiger partial charge in [0.1, 0.15) is 5.75 Å². The van der Waals surface area contributed by atoms with Crippen LogP contribution in [-0.4, -0.2) is 24.4 Å². The Morgan fingerprint density at radius 3 is 2.70 bits per heavy atom. The number of nitrogens with one attached hydrogen (secondary N) is 1. The second-order valence-corrected chi connectivity index (χ2v) is 6.69. The van der Waals surface area contributed by atoms with E-state index in [1.807, 2.05) is 0 Å². The Bertz CT molecular complexity index is 898. The molecule has 1 aliphatic heterocycles. The molecule has 2 aliphatic rings. The highest BCUT2D eigenvalue weighted by Crippen LogP contribution is 2.49. The average molecular weight is 377 g/mol. The van der Waals surface area contributed by atoms with Crippen LogP contribution in [0, 0.1) is 0 Å². The smallest absolute Gasteiger partial charge is 0.423 e. The van der Waals surface area contributed by atoms with Crippen molar-refractivity contribution in [3.8, 4) is 5.75 Å². The standard InChI is InChI=1S/C18H15BF3NO4/c20-18(21,22)27-14-3-1-2-12(9-14)17(6-7-17)16(24)23-13-4-5-15-11(8-13)10-26-19(15)25/h1-5,8-9,25H,6-7,10H2,(H,23,24). The van der Waals surface area contributed by atoms with Crippen LogP contribution in [0.2, 0.25) is 0 Å². The van der Waals surface area contributed by atoms with E-state index in [0.717, 1.165) is 5.56 Å². The van der Waals surface area contributed by atoms with Gasteiger partial charge in [-0.3, -0.25) is 4.79 Å². The lowest BCUT2D eigenvalue weighted by Gasteiger charge is -2.17. The first-order valence-corrected chi connectivity index (χ1v) is 8.37. The van der Waals surface area contributed by atoms with E-state index in [1.54, 1.807) is 24.3 Å². The van der Waals surface area contributed by atoms with E-state index in [4.69, 9.17) is 4.65 Å². The molecule has 0 saturated heterocycles. The van der Waals surface area contributed by atoms with Crippen molar-refractivity contribution in [2.45, 2.75) is 31.2 Å². The fourth-order valence-electron chi connectivity index (χ4n) is 3.32. The average Bonchev–Trinajstić information content (AvgIpc) is 3.33. The molecule has 1 saturated carbocycles. The van der Waals surface area contributed by atoms with Crippen molar-refractivity contribution >= 4 is 24.2 Å². The number of hydrogen-bond acceptors (Lipinski definition) is 4. The molecule has 0 radical (unpaired) electrons. The molecule has 1 heterocycles. The number of fused-ring (bicyclic) bond motifs is 1. The van der Waals surface area contributed by atoms with Crippen LogP contribution in [0.5, 0.6) is 5.75 Å². The van der Waals surface area contributed by atoms with Crippen LogP contribution in [0.4, 0.5) is 18.9 Å². The fourth-order valence-corrected chi connectivity index (χ4v) is 3.32. The van der Waals surface area contributed by atoms with Crippen LogP contribution < -0.4 is 15.5 Å². The molecule has 140 valence electrons. The Morgan fingerprint density at radius 2 is 2.00 bits per heavy atom. The molecule has 4 rings (SSSR count). The molecule has 9 heteroatoms. The summed E-state index contributed by atoms with van der Waals surface area (Å²) in [6.07, 6.45) is -3.70. The first kappa shape index (κ1) is 17.9. The van der Waals surface area contributed by atoms with Gasteiger partial charge in [0.2, 0.25) is 5.91 Å². The van der Waals surface area contributed by atoms with E-state index < -0.39 is 18.9 Å². The summed E-state index contributed by atoms with van der Waals surface area (Å²) < 4.78 is 46.4. The third-order valence-electron chi connectivity index (χ3n) is 4.87. The molecule has 5 nitrogen and oxygen atoms in total. The highest BCUT2D eigenvalue weighted by Gasteiger charge is 2.51. The maximum atomic E-state index is 12.8. The van der Waals surface area contributed by atoms with Gasteiger partial charge in [-0.1, -0.05) is 18.2 Å². The van der Waals surface area contributed by atoms with Gasteiger partial charge in [0.05, 0.1) is 12.0 Å². The highest BCUT2D eigenvalue weighted by molar-refractivity contribution is 6.61. The van der Waals surface area contributed by atoms with E-state index in [0.29, 0.717) is 29.6 Å². The third kappa shape index (κ3) is 3.52. The van der Waals surface area contributed by atoms with E-state index in [-0.39, 0.29) is 18.3 Å². The molecule has 2 N–H and O–H groups in total. The first-order chi connectivity index (χ1) is 12.8. The minimum absolute atomic E-state index is 0.252. The minimum atomic E-state index is -4.78. The topological polar surface area (TPSA) is 67.8 Å². The maximum Gasteiger partial charge on any atom is 0.573 e. The number of carbonyl (C=O) groups is 1. The van der Waals surface area contributed by atoms with E-state index in [9.17, 15) is 23.0 Å². The lowest BCUT2D eigenvalue weighted by Crippen LogP contribution is -2.29. The molecule has 1 amide bonds. The fraction of sp³-hybridized carbons (Fsp3) is 0.278. The zero-order valence-corrected chi connectivity index (χ0v) is 14.0. The maximum absolute atomic E-state index is 12.8. The van der Waals surface area contributed by atoms with E-state index >= 15 is 0 Å². The van der Waals surface area contributed by atoms with Crippen molar-refractivity contribution in [2.75, 3.05) is 5.32 Å². The van der Waals surface area contributed by atoms with Crippen molar-refractivity contribution in [3.63, 3.8) is 0 Å². The van der Waals surface area contributed by atoms with Gasteiger partial charge < -0.3 is 19.7 Å². The molecule has 0 spiro atoms. The number of hydrogen-bond donors (Lipinski definition) is 2. The lowest BCUT2D eigenvalue weighted by molar-refractivity contribution is -0.274. The third-order valence-corrected chi connectivity index (χ3v) is 4.87.